The van der Waals surface area contributed by atoms with Gasteiger partial charge in [-0.15, -0.1) is 5.10 Å². The summed E-state index contributed by atoms with van der Waals surface area (Å²) in [5.41, 5.74) is 5.77. The number of aryl methyl sites for hydroxylation is 2. The number of carbonyl (C=O) groups excluding carboxylic acids is 1. The van der Waals surface area contributed by atoms with Gasteiger partial charge < -0.3 is 5.73 Å². The number of halogens is 2. The number of rotatable bonds is 2. The van der Waals surface area contributed by atoms with Gasteiger partial charge in [0, 0.05) is 6.07 Å². The number of hydrogen-bond acceptors (Lipinski definition) is 5. The Bertz CT molecular complexity index is 690. The Labute approximate surface area is 113 Å². The maximum Gasteiger partial charge on any atom is 0.261 e. The molecule has 2 aromatic rings. The van der Waals surface area contributed by atoms with Crippen LogP contribution in [0.5, 0.6) is 0 Å². The Morgan fingerprint density at radius 2 is 1.85 bits per heavy atom. The van der Waals surface area contributed by atoms with Gasteiger partial charge in [0.2, 0.25) is 5.95 Å². The molecular weight excluding hydrogens is 268 g/mol. The predicted octanol–water partition coefficient (Wildman–Crippen LogP) is 1.60. The van der Waals surface area contributed by atoms with Crippen LogP contribution < -0.4 is 11.1 Å². The van der Waals surface area contributed by atoms with Crippen molar-refractivity contribution in [2.75, 3.05) is 11.1 Å². The van der Waals surface area contributed by atoms with Gasteiger partial charge in [-0.3, -0.25) is 10.1 Å². The minimum absolute atomic E-state index is 0.0691. The van der Waals surface area contributed by atoms with Crippen molar-refractivity contribution in [3.8, 4) is 0 Å². The Morgan fingerprint density at radius 1 is 1.15 bits per heavy atom. The van der Waals surface area contributed by atoms with Gasteiger partial charge in [0.15, 0.2) is 0 Å². The van der Waals surface area contributed by atoms with E-state index < -0.39 is 23.1 Å². The highest BCUT2D eigenvalue weighted by molar-refractivity contribution is 6.04. The fraction of sp³-hybridized carbons (Fsp3) is 0.167. The van der Waals surface area contributed by atoms with Gasteiger partial charge in [0.1, 0.15) is 11.6 Å². The largest absolute Gasteiger partial charge is 0.396 e. The van der Waals surface area contributed by atoms with Gasteiger partial charge in [-0.25, -0.2) is 13.8 Å². The van der Waals surface area contributed by atoms with Crippen molar-refractivity contribution in [2.45, 2.75) is 13.8 Å². The van der Waals surface area contributed by atoms with Crippen molar-refractivity contribution in [3.63, 3.8) is 0 Å². The van der Waals surface area contributed by atoms with Crippen LogP contribution in [0.2, 0.25) is 0 Å². The SMILES string of the molecule is Cc1nnc(NC(=O)c2cc(N)c(F)cc2F)nc1C. The van der Waals surface area contributed by atoms with Crippen LogP contribution in [0.3, 0.4) is 0 Å². The summed E-state index contributed by atoms with van der Waals surface area (Å²) in [4.78, 5) is 15.8. The molecule has 8 heteroatoms. The molecule has 0 fully saturated rings. The molecular formula is C12H11F2N5O. The van der Waals surface area contributed by atoms with Crippen molar-refractivity contribution in [2.24, 2.45) is 0 Å². The summed E-state index contributed by atoms with van der Waals surface area (Å²) in [6.07, 6.45) is 0. The number of benzene rings is 1. The van der Waals surface area contributed by atoms with Crippen LogP contribution in [0.25, 0.3) is 0 Å². The fourth-order valence-electron chi connectivity index (χ4n) is 1.42. The summed E-state index contributed by atoms with van der Waals surface area (Å²) in [5, 5.41) is 9.70. The summed E-state index contributed by atoms with van der Waals surface area (Å²) in [7, 11) is 0. The van der Waals surface area contributed by atoms with Crippen LogP contribution in [-0.4, -0.2) is 21.1 Å². The zero-order valence-corrected chi connectivity index (χ0v) is 10.7. The van der Waals surface area contributed by atoms with Gasteiger partial charge in [-0.1, -0.05) is 0 Å². The number of aromatic nitrogens is 3. The van der Waals surface area contributed by atoms with Crippen LogP contribution >= 0.6 is 0 Å². The van der Waals surface area contributed by atoms with E-state index in [1.165, 1.54) is 0 Å². The third-order valence-electron chi connectivity index (χ3n) is 2.65. The zero-order valence-electron chi connectivity index (χ0n) is 10.7. The van der Waals surface area contributed by atoms with Crippen LogP contribution in [0.4, 0.5) is 20.4 Å². The van der Waals surface area contributed by atoms with E-state index in [2.05, 4.69) is 20.5 Å². The van der Waals surface area contributed by atoms with Crippen molar-refractivity contribution < 1.29 is 13.6 Å². The highest BCUT2D eigenvalue weighted by Gasteiger charge is 2.16. The van der Waals surface area contributed by atoms with Crippen molar-refractivity contribution in [1.29, 1.82) is 0 Å². The number of nitrogen functional groups attached to an aromatic ring is 1. The molecule has 0 radical (unpaired) electrons. The van der Waals surface area contributed by atoms with Crippen molar-refractivity contribution >= 4 is 17.5 Å². The van der Waals surface area contributed by atoms with E-state index in [1.807, 2.05) is 0 Å². The van der Waals surface area contributed by atoms with E-state index >= 15 is 0 Å². The first-order valence-electron chi connectivity index (χ1n) is 5.62. The molecule has 0 aliphatic carbocycles. The average Bonchev–Trinajstić information content (AvgIpc) is 2.38. The molecule has 3 N–H and O–H groups in total. The number of amides is 1. The number of hydrogen-bond donors (Lipinski definition) is 2. The van der Waals surface area contributed by atoms with E-state index in [1.54, 1.807) is 13.8 Å². The third-order valence-corrected chi connectivity index (χ3v) is 2.65. The van der Waals surface area contributed by atoms with Gasteiger partial charge in [-0.2, -0.15) is 5.10 Å². The molecule has 6 nitrogen and oxygen atoms in total. The first-order chi connectivity index (χ1) is 9.38. The Hall–Kier alpha value is -2.64. The molecule has 2 rings (SSSR count). The number of nitrogens with one attached hydrogen (secondary N) is 1. The minimum atomic E-state index is -1.02. The Balaban J connectivity index is 2.28. The fourth-order valence-corrected chi connectivity index (χ4v) is 1.42. The van der Waals surface area contributed by atoms with Gasteiger partial charge in [0.05, 0.1) is 22.6 Å². The predicted molar refractivity (Wildman–Crippen MR) is 68.0 cm³/mol. The molecule has 0 aliphatic heterocycles. The number of nitrogens with zero attached hydrogens (tertiary/aromatic N) is 3. The Kier molecular flexibility index (Phi) is 3.55. The van der Waals surface area contributed by atoms with Crippen LogP contribution in [-0.2, 0) is 0 Å². The monoisotopic (exact) mass is 279 g/mol. The Morgan fingerprint density at radius 3 is 2.50 bits per heavy atom. The van der Waals surface area contributed by atoms with Gasteiger partial charge in [-0.05, 0) is 19.9 Å². The highest BCUT2D eigenvalue weighted by atomic mass is 19.1. The normalized spacial score (nSPS) is 10.4. The van der Waals surface area contributed by atoms with E-state index in [9.17, 15) is 13.6 Å². The van der Waals surface area contributed by atoms with E-state index in [-0.39, 0.29) is 11.6 Å². The summed E-state index contributed by atoms with van der Waals surface area (Å²) in [5.74, 6) is -2.85. The van der Waals surface area contributed by atoms with Gasteiger partial charge >= 0.3 is 0 Å². The lowest BCUT2D eigenvalue weighted by atomic mass is 10.1. The average molecular weight is 279 g/mol. The summed E-state index contributed by atoms with van der Waals surface area (Å²) in [6, 6.07) is 1.46. The molecule has 0 saturated heterocycles. The second-order valence-electron chi connectivity index (χ2n) is 4.11. The number of nitrogens with two attached hydrogens (primary N) is 1. The number of anilines is 2. The molecule has 0 unspecified atom stereocenters. The molecule has 1 aromatic heterocycles. The quantitative estimate of drug-likeness (QED) is 0.814. The molecule has 0 aliphatic rings. The maximum absolute atomic E-state index is 13.5. The molecule has 0 bridgehead atoms. The van der Waals surface area contributed by atoms with Crippen molar-refractivity contribution in [3.05, 3.63) is 40.7 Å². The molecule has 1 amide bonds. The number of carbonyl (C=O) groups is 1. The second kappa shape index (κ2) is 5.16. The van der Waals surface area contributed by atoms with Gasteiger partial charge in [0.25, 0.3) is 5.91 Å². The summed E-state index contributed by atoms with van der Waals surface area (Å²) >= 11 is 0. The molecule has 0 atom stereocenters. The smallest absolute Gasteiger partial charge is 0.261 e. The maximum atomic E-state index is 13.5. The molecule has 1 heterocycles. The molecule has 20 heavy (non-hydrogen) atoms. The first-order valence-corrected chi connectivity index (χ1v) is 5.62. The zero-order chi connectivity index (χ0) is 14.9. The van der Waals surface area contributed by atoms with E-state index in [0.717, 1.165) is 6.07 Å². The van der Waals surface area contributed by atoms with Crippen LogP contribution in [0, 0.1) is 25.5 Å². The topological polar surface area (TPSA) is 93.8 Å². The first kappa shape index (κ1) is 13.8. The molecule has 1 aromatic carbocycles. The standard InChI is InChI=1S/C12H11F2N5O/c1-5-6(2)18-19-12(16-5)17-11(20)7-3-10(15)9(14)4-8(7)13/h3-4H,15H2,1-2H3,(H,16,17,19,20). The lowest BCUT2D eigenvalue weighted by Gasteiger charge is -2.07. The highest BCUT2D eigenvalue weighted by Crippen LogP contribution is 2.17. The lowest BCUT2D eigenvalue weighted by molar-refractivity contribution is 0.102. The third kappa shape index (κ3) is 2.68. The summed E-state index contributed by atoms with van der Waals surface area (Å²) in [6.45, 7) is 3.40. The van der Waals surface area contributed by atoms with Crippen LogP contribution in [0.1, 0.15) is 21.7 Å². The molecule has 0 spiro atoms. The van der Waals surface area contributed by atoms with Crippen molar-refractivity contribution in [1.82, 2.24) is 15.2 Å². The molecule has 0 saturated carbocycles. The van der Waals surface area contributed by atoms with Crippen LogP contribution in [0.15, 0.2) is 12.1 Å². The minimum Gasteiger partial charge on any atom is -0.396 e. The molecule has 104 valence electrons. The van der Waals surface area contributed by atoms with E-state index in [0.29, 0.717) is 17.5 Å². The van der Waals surface area contributed by atoms with E-state index in [4.69, 9.17) is 5.73 Å². The lowest BCUT2D eigenvalue weighted by Crippen LogP contribution is -2.17. The summed E-state index contributed by atoms with van der Waals surface area (Å²) < 4.78 is 26.5. The second-order valence-corrected chi connectivity index (χ2v) is 4.11.